The van der Waals surface area contributed by atoms with Crippen LogP contribution in [0.1, 0.15) is 23.4 Å². The highest BCUT2D eigenvalue weighted by Crippen LogP contribution is 2.24. The lowest BCUT2D eigenvalue weighted by atomic mass is 9.94. The lowest BCUT2D eigenvalue weighted by Gasteiger charge is -2.20. The van der Waals surface area contributed by atoms with Crippen LogP contribution in [0, 0.1) is 11.7 Å². The van der Waals surface area contributed by atoms with E-state index in [0.29, 0.717) is 23.3 Å². The molecule has 3 rings (SSSR count). The van der Waals surface area contributed by atoms with Crippen LogP contribution >= 0.6 is 0 Å². The second kappa shape index (κ2) is 4.53. The molecule has 0 spiro atoms. The number of halogens is 1. The van der Waals surface area contributed by atoms with Gasteiger partial charge in [0.25, 0.3) is 0 Å². The Balaban J connectivity index is 1.91. The topological polar surface area (TPSA) is 42.2 Å². The van der Waals surface area contributed by atoms with E-state index >= 15 is 0 Å². The van der Waals surface area contributed by atoms with E-state index in [1.807, 2.05) is 0 Å². The molecule has 0 bridgehead atoms. The summed E-state index contributed by atoms with van der Waals surface area (Å²) in [5.74, 6) is 0.00824. The number of carbonyl (C=O) groups is 1. The fourth-order valence-electron chi connectivity index (χ4n) is 2.41. The summed E-state index contributed by atoms with van der Waals surface area (Å²) >= 11 is 0. The van der Waals surface area contributed by atoms with E-state index in [1.165, 1.54) is 12.1 Å². The van der Waals surface area contributed by atoms with Gasteiger partial charge in [0.15, 0.2) is 5.76 Å². The van der Waals surface area contributed by atoms with Crippen LogP contribution in [0.5, 0.6) is 0 Å². The van der Waals surface area contributed by atoms with Crippen molar-refractivity contribution < 1.29 is 13.6 Å². The summed E-state index contributed by atoms with van der Waals surface area (Å²) in [7, 11) is 0. The molecule has 2 heterocycles. The fourth-order valence-corrected chi connectivity index (χ4v) is 2.41. The molecule has 1 unspecified atom stereocenters. The van der Waals surface area contributed by atoms with Gasteiger partial charge in [0.05, 0.1) is 0 Å². The molecule has 1 aromatic heterocycles. The zero-order valence-electron chi connectivity index (χ0n) is 9.91. The van der Waals surface area contributed by atoms with Gasteiger partial charge in [0.1, 0.15) is 11.4 Å². The first kappa shape index (κ1) is 11.4. The van der Waals surface area contributed by atoms with Gasteiger partial charge in [-0.2, -0.15) is 0 Å². The van der Waals surface area contributed by atoms with Crippen LogP contribution in [-0.4, -0.2) is 18.9 Å². The number of ketones is 1. The molecule has 1 aliphatic rings. The number of furan rings is 1. The van der Waals surface area contributed by atoms with Crippen molar-refractivity contribution in [1.82, 2.24) is 5.32 Å². The van der Waals surface area contributed by atoms with Crippen LogP contribution in [0.4, 0.5) is 4.39 Å². The summed E-state index contributed by atoms with van der Waals surface area (Å²) < 4.78 is 18.6. The van der Waals surface area contributed by atoms with Gasteiger partial charge in [-0.05, 0) is 43.7 Å². The van der Waals surface area contributed by atoms with Gasteiger partial charge in [-0.15, -0.1) is 0 Å². The Morgan fingerprint density at radius 1 is 1.39 bits per heavy atom. The summed E-state index contributed by atoms with van der Waals surface area (Å²) in [6.07, 6.45) is 1.89. The number of Topliss-reactive ketones (excluding diaryl/α,β-unsaturated/α-hetero) is 1. The Morgan fingerprint density at radius 3 is 3.06 bits per heavy atom. The summed E-state index contributed by atoms with van der Waals surface area (Å²) in [6.45, 7) is 1.67. The normalized spacial score (nSPS) is 20.2. The van der Waals surface area contributed by atoms with E-state index < -0.39 is 0 Å². The van der Waals surface area contributed by atoms with Gasteiger partial charge in [0.2, 0.25) is 5.78 Å². The molecule has 0 radical (unpaired) electrons. The van der Waals surface area contributed by atoms with Crippen LogP contribution in [0.3, 0.4) is 0 Å². The predicted molar refractivity (Wildman–Crippen MR) is 66.1 cm³/mol. The Morgan fingerprint density at radius 2 is 2.28 bits per heavy atom. The number of benzene rings is 1. The van der Waals surface area contributed by atoms with Crippen molar-refractivity contribution in [2.75, 3.05) is 13.1 Å². The molecule has 2 aromatic rings. The molecule has 94 valence electrons. The van der Waals surface area contributed by atoms with Gasteiger partial charge in [-0.1, -0.05) is 0 Å². The predicted octanol–water partition coefficient (Wildman–Crippen LogP) is 2.75. The van der Waals surface area contributed by atoms with Gasteiger partial charge in [-0.3, -0.25) is 4.79 Å². The summed E-state index contributed by atoms with van der Waals surface area (Å²) in [4.78, 5) is 12.2. The van der Waals surface area contributed by atoms with Crippen LogP contribution in [-0.2, 0) is 0 Å². The second-order valence-corrected chi connectivity index (χ2v) is 4.70. The first-order valence-electron chi connectivity index (χ1n) is 6.18. The standard InChI is InChI=1S/C14H14FNO2/c15-11-3-4-12-10(6-11)7-13(18-12)14(17)9-2-1-5-16-8-9/h3-4,6-7,9,16H,1-2,5,8H2. The fraction of sp³-hybridized carbons (Fsp3) is 0.357. The van der Waals surface area contributed by atoms with E-state index in [2.05, 4.69) is 5.32 Å². The van der Waals surface area contributed by atoms with Crippen molar-refractivity contribution in [3.63, 3.8) is 0 Å². The Bertz CT molecular complexity index is 584. The summed E-state index contributed by atoms with van der Waals surface area (Å²) in [6, 6.07) is 5.91. The maximum Gasteiger partial charge on any atom is 0.202 e. The largest absolute Gasteiger partial charge is 0.453 e. The molecule has 1 atom stereocenters. The van der Waals surface area contributed by atoms with Crippen LogP contribution < -0.4 is 5.32 Å². The number of nitrogens with one attached hydrogen (secondary N) is 1. The molecular formula is C14H14FNO2. The van der Waals surface area contributed by atoms with Crippen LogP contribution in [0.25, 0.3) is 11.0 Å². The number of hydrogen-bond donors (Lipinski definition) is 1. The van der Waals surface area contributed by atoms with E-state index in [-0.39, 0.29) is 17.5 Å². The minimum Gasteiger partial charge on any atom is -0.453 e. The molecule has 0 aliphatic carbocycles. The third-order valence-corrected chi connectivity index (χ3v) is 3.39. The third kappa shape index (κ3) is 2.04. The Hall–Kier alpha value is -1.68. The maximum atomic E-state index is 13.1. The molecule has 0 amide bonds. The first-order chi connectivity index (χ1) is 8.74. The SMILES string of the molecule is O=C(c1cc2cc(F)ccc2o1)C1CCCNC1. The highest BCUT2D eigenvalue weighted by atomic mass is 19.1. The van der Waals surface area contributed by atoms with Crippen molar-refractivity contribution in [3.8, 4) is 0 Å². The lowest BCUT2D eigenvalue weighted by molar-refractivity contribution is 0.0873. The maximum absolute atomic E-state index is 13.1. The third-order valence-electron chi connectivity index (χ3n) is 3.39. The zero-order valence-corrected chi connectivity index (χ0v) is 9.91. The highest BCUT2D eigenvalue weighted by molar-refractivity contribution is 5.99. The van der Waals surface area contributed by atoms with Crippen molar-refractivity contribution in [1.29, 1.82) is 0 Å². The number of piperidine rings is 1. The summed E-state index contributed by atoms with van der Waals surface area (Å²) in [5, 5.41) is 3.85. The Kier molecular flexibility index (Phi) is 2.88. The molecule has 4 heteroatoms. The highest BCUT2D eigenvalue weighted by Gasteiger charge is 2.24. The van der Waals surface area contributed by atoms with Crippen molar-refractivity contribution >= 4 is 16.8 Å². The van der Waals surface area contributed by atoms with E-state index in [1.54, 1.807) is 12.1 Å². The molecule has 1 N–H and O–H groups in total. The van der Waals surface area contributed by atoms with E-state index in [4.69, 9.17) is 4.42 Å². The number of fused-ring (bicyclic) bond motifs is 1. The average Bonchev–Trinajstić information content (AvgIpc) is 2.81. The second-order valence-electron chi connectivity index (χ2n) is 4.70. The molecule has 1 fully saturated rings. The van der Waals surface area contributed by atoms with Gasteiger partial charge < -0.3 is 9.73 Å². The van der Waals surface area contributed by atoms with E-state index in [0.717, 1.165) is 19.4 Å². The van der Waals surface area contributed by atoms with Gasteiger partial charge >= 0.3 is 0 Å². The molecule has 0 saturated carbocycles. The van der Waals surface area contributed by atoms with Crippen LogP contribution in [0.2, 0.25) is 0 Å². The molecule has 3 nitrogen and oxygen atoms in total. The van der Waals surface area contributed by atoms with Crippen LogP contribution in [0.15, 0.2) is 28.7 Å². The van der Waals surface area contributed by atoms with Crippen molar-refractivity contribution in [2.45, 2.75) is 12.8 Å². The minimum atomic E-state index is -0.318. The average molecular weight is 247 g/mol. The smallest absolute Gasteiger partial charge is 0.202 e. The molecule has 1 aliphatic heterocycles. The van der Waals surface area contributed by atoms with E-state index in [9.17, 15) is 9.18 Å². The lowest BCUT2D eigenvalue weighted by Crippen LogP contribution is -2.34. The number of rotatable bonds is 2. The van der Waals surface area contributed by atoms with Gasteiger partial charge in [0, 0.05) is 17.8 Å². The molecule has 1 aromatic carbocycles. The molecule has 18 heavy (non-hydrogen) atoms. The Labute approximate surface area is 104 Å². The molecular weight excluding hydrogens is 233 g/mol. The first-order valence-corrected chi connectivity index (χ1v) is 6.18. The van der Waals surface area contributed by atoms with Crippen molar-refractivity contribution in [3.05, 3.63) is 35.8 Å². The minimum absolute atomic E-state index is 0.0128. The quantitative estimate of drug-likeness (QED) is 0.830. The van der Waals surface area contributed by atoms with Crippen molar-refractivity contribution in [2.24, 2.45) is 5.92 Å². The number of carbonyl (C=O) groups excluding carboxylic acids is 1. The number of hydrogen-bond acceptors (Lipinski definition) is 3. The van der Waals surface area contributed by atoms with Gasteiger partial charge in [-0.25, -0.2) is 4.39 Å². The zero-order chi connectivity index (χ0) is 12.5. The summed E-state index contributed by atoms with van der Waals surface area (Å²) in [5.41, 5.74) is 0.559. The molecule has 1 saturated heterocycles. The monoisotopic (exact) mass is 247 g/mol.